The zero-order valence-electron chi connectivity index (χ0n) is 17.0. The second kappa shape index (κ2) is 8.63. The molecule has 0 bridgehead atoms. The van der Waals surface area contributed by atoms with E-state index in [9.17, 15) is 9.18 Å². The predicted molar refractivity (Wildman–Crippen MR) is 107 cm³/mol. The van der Waals surface area contributed by atoms with E-state index in [1.165, 1.54) is 12.1 Å². The van der Waals surface area contributed by atoms with Crippen LogP contribution in [-0.2, 0) is 11.2 Å². The first kappa shape index (κ1) is 20.2. The minimum Gasteiger partial charge on any atom is -0.493 e. The lowest BCUT2D eigenvalue weighted by atomic mass is 9.86. The SMILES string of the molecule is CCC[C@@H](C)C(=O)N1CCc2cc(OC)c(OC)cc2[C@H]1c1ccc(F)cc1. The van der Waals surface area contributed by atoms with Crippen molar-refractivity contribution in [3.05, 3.63) is 58.9 Å². The van der Waals surface area contributed by atoms with Gasteiger partial charge in [-0.15, -0.1) is 0 Å². The maximum atomic E-state index is 13.5. The molecule has 28 heavy (non-hydrogen) atoms. The number of methoxy groups -OCH3 is 2. The van der Waals surface area contributed by atoms with Crippen LogP contribution in [0.15, 0.2) is 36.4 Å². The Labute approximate surface area is 166 Å². The van der Waals surface area contributed by atoms with E-state index in [4.69, 9.17) is 9.47 Å². The molecule has 0 fully saturated rings. The number of rotatable bonds is 6. The molecule has 0 saturated carbocycles. The first-order valence-electron chi connectivity index (χ1n) is 9.80. The van der Waals surface area contributed by atoms with E-state index >= 15 is 0 Å². The number of amides is 1. The van der Waals surface area contributed by atoms with Gasteiger partial charge in [0.2, 0.25) is 5.91 Å². The van der Waals surface area contributed by atoms with Gasteiger partial charge in [-0.2, -0.15) is 0 Å². The van der Waals surface area contributed by atoms with Gasteiger partial charge in [0.05, 0.1) is 20.3 Å². The van der Waals surface area contributed by atoms with Gasteiger partial charge in [0.15, 0.2) is 11.5 Å². The zero-order chi connectivity index (χ0) is 20.3. The van der Waals surface area contributed by atoms with Crippen LogP contribution in [0.1, 0.15) is 49.4 Å². The monoisotopic (exact) mass is 385 g/mol. The lowest BCUT2D eigenvalue weighted by Crippen LogP contribution is -2.43. The Morgan fingerprint density at radius 3 is 2.43 bits per heavy atom. The van der Waals surface area contributed by atoms with Gasteiger partial charge in [-0.1, -0.05) is 32.4 Å². The summed E-state index contributed by atoms with van der Waals surface area (Å²) in [5.41, 5.74) is 3.03. The smallest absolute Gasteiger partial charge is 0.226 e. The topological polar surface area (TPSA) is 38.8 Å². The zero-order valence-corrected chi connectivity index (χ0v) is 17.0. The summed E-state index contributed by atoms with van der Waals surface area (Å²) in [6.45, 7) is 4.69. The van der Waals surface area contributed by atoms with Crippen molar-refractivity contribution in [1.29, 1.82) is 0 Å². The molecule has 1 aliphatic heterocycles. The van der Waals surface area contributed by atoms with Gasteiger partial charge in [-0.25, -0.2) is 4.39 Å². The van der Waals surface area contributed by atoms with Gasteiger partial charge in [0.25, 0.3) is 0 Å². The molecular weight excluding hydrogens is 357 g/mol. The third-order valence-electron chi connectivity index (χ3n) is 5.49. The molecule has 0 saturated heterocycles. The van der Waals surface area contributed by atoms with Crippen LogP contribution < -0.4 is 9.47 Å². The Morgan fingerprint density at radius 2 is 1.82 bits per heavy atom. The summed E-state index contributed by atoms with van der Waals surface area (Å²) in [6.07, 6.45) is 2.56. The average molecular weight is 385 g/mol. The van der Waals surface area contributed by atoms with E-state index in [0.717, 1.165) is 36.0 Å². The maximum absolute atomic E-state index is 13.5. The van der Waals surface area contributed by atoms with Crippen molar-refractivity contribution in [2.75, 3.05) is 20.8 Å². The summed E-state index contributed by atoms with van der Waals surface area (Å²) < 4.78 is 24.5. The van der Waals surface area contributed by atoms with Crippen LogP contribution in [0.4, 0.5) is 4.39 Å². The van der Waals surface area contributed by atoms with Gasteiger partial charge in [0, 0.05) is 12.5 Å². The van der Waals surface area contributed by atoms with Crippen LogP contribution in [0.25, 0.3) is 0 Å². The first-order valence-corrected chi connectivity index (χ1v) is 9.80. The van der Waals surface area contributed by atoms with E-state index in [0.29, 0.717) is 18.0 Å². The Balaban J connectivity index is 2.11. The summed E-state index contributed by atoms with van der Waals surface area (Å²) in [7, 11) is 3.22. The summed E-state index contributed by atoms with van der Waals surface area (Å²) in [4.78, 5) is 15.2. The normalized spacial score (nSPS) is 17.0. The lowest BCUT2D eigenvalue weighted by Gasteiger charge is -2.39. The third kappa shape index (κ3) is 3.84. The van der Waals surface area contributed by atoms with Crippen LogP contribution >= 0.6 is 0 Å². The van der Waals surface area contributed by atoms with Crippen LogP contribution in [0.2, 0.25) is 0 Å². The Morgan fingerprint density at radius 1 is 1.18 bits per heavy atom. The number of halogens is 1. The quantitative estimate of drug-likeness (QED) is 0.720. The van der Waals surface area contributed by atoms with E-state index in [1.807, 2.05) is 24.0 Å². The fourth-order valence-electron chi connectivity index (χ4n) is 4.03. The van der Waals surface area contributed by atoms with Crippen molar-refractivity contribution < 1.29 is 18.7 Å². The van der Waals surface area contributed by atoms with Crippen molar-refractivity contribution in [2.45, 2.75) is 39.2 Å². The summed E-state index contributed by atoms with van der Waals surface area (Å²) in [5, 5.41) is 0. The molecule has 2 atom stereocenters. The largest absolute Gasteiger partial charge is 0.493 e. The van der Waals surface area contributed by atoms with E-state index in [1.54, 1.807) is 26.4 Å². The first-order chi connectivity index (χ1) is 13.5. The summed E-state index contributed by atoms with van der Waals surface area (Å²) >= 11 is 0. The highest BCUT2D eigenvalue weighted by Crippen LogP contribution is 2.41. The molecule has 0 radical (unpaired) electrons. The molecule has 0 aliphatic carbocycles. The van der Waals surface area contributed by atoms with Gasteiger partial charge in [-0.05, 0) is 53.8 Å². The second-order valence-corrected chi connectivity index (χ2v) is 7.33. The van der Waals surface area contributed by atoms with Gasteiger partial charge >= 0.3 is 0 Å². The molecule has 1 amide bonds. The van der Waals surface area contributed by atoms with E-state index in [-0.39, 0.29) is 23.7 Å². The van der Waals surface area contributed by atoms with Crippen molar-refractivity contribution in [1.82, 2.24) is 4.90 Å². The molecule has 2 aromatic rings. The molecule has 1 heterocycles. The van der Waals surface area contributed by atoms with Gasteiger partial charge < -0.3 is 14.4 Å². The highest BCUT2D eigenvalue weighted by atomic mass is 19.1. The Bertz CT molecular complexity index is 834. The number of hydrogen-bond acceptors (Lipinski definition) is 3. The molecule has 0 spiro atoms. The number of nitrogens with zero attached hydrogens (tertiary/aromatic N) is 1. The van der Waals surface area contributed by atoms with Crippen molar-refractivity contribution >= 4 is 5.91 Å². The van der Waals surface area contributed by atoms with Crippen LogP contribution in [0, 0.1) is 11.7 Å². The fourth-order valence-corrected chi connectivity index (χ4v) is 4.03. The number of hydrogen-bond donors (Lipinski definition) is 0. The van der Waals surface area contributed by atoms with E-state index < -0.39 is 0 Å². The Hall–Kier alpha value is -2.56. The highest BCUT2D eigenvalue weighted by molar-refractivity contribution is 5.80. The molecule has 150 valence electrons. The van der Waals surface area contributed by atoms with E-state index in [2.05, 4.69) is 6.92 Å². The number of benzene rings is 2. The molecule has 3 rings (SSSR count). The van der Waals surface area contributed by atoms with Crippen molar-refractivity contribution in [3.63, 3.8) is 0 Å². The summed E-state index contributed by atoms with van der Waals surface area (Å²) in [6, 6.07) is 10.1. The lowest BCUT2D eigenvalue weighted by molar-refractivity contribution is -0.137. The predicted octanol–water partition coefficient (Wildman–Crippen LogP) is 4.75. The minimum absolute atomic E-state index is 0.0466. The van der Waals surface area contributed by atoms with Crippen LogP contribution in [-0.4, -0.2) is 31.6 Å². The number of carbonyl (C=O) groups excluding carboxylic acids is 1. The molecule has 0 aromatic heterocycles. The number of carbonyl (C=O) groups is 1. The standard InChI is InChI=1S/C23H28FNO3/c1-5-6-15(2)23(26)25-12-11-17-13-20(27-3)21(28-4)14-19(17)22(25)16-7-9-18(24)10-8-16/h7-10,13-15,22H,5-6,11-12H2,1-4H3/t15-,22-/m1/s1. The molecule has 4 nitrogen and oxygen atoms in total. The molecule has 1 aliphatic rings. The van der Waals surface area contributed by atoms with Crippen LogP contribution in [0.3, 0.4) is 0 Å². The minimum atomic E-state index is -0.288. The Kier molecular flexibility index (Phi) is 6.22. The number of fused-ring (bicyclic) bond motifs is 1. The fraction of sp³-hybridized carbons (Fsp3) is 0.435. The third-order valence-corrected chi connectivity index (χ3v) is 5.49. The molecular formula is C23H28FNO3. The average Bonchev–Trinajstić information content (AvgIpc) is 2.72. The highest BCUT2D eigenvalue weighted by Gasteiger charge is 2.34. The summed E-state index contributed by atoms with van der Waals surface area (Å²) in [5.74, 6) is 1.11. The number of ether oxygens (including phenoxy) is 2. The molecule has 2 aromatic carbocycles. The van der Waals surface area contributed by atoms with Crippen LogP contribution in [0.5, 0.6) is 11.5 Å². The maximum Gasteiger partial charge on any atom is 0.226 e. The molecule has 0 unspecified atom stereocenters. The molecule has 5 heteroatoms. The second-order valence-electron chi connectivity index (χ2n) is 7.33. The molecule has 0 N–H and O–H groups in total. The van der Waals surface area contributed by atoms with Gasteiger partial charge in [0.1, 0.15) is 5.82 Å². The van der Waals surface area contributed by atoms with Gasteiger partial charge in [-0.3, -0.25) is 4.79 Å². The van der Waals surface area contributed by atoms with Crippen molar-refractivity contribution in [2.24, 2.45) is 5.92 Å². The van der Waals surface area contributed by atoms with Crippen molar-refractivity contribution in [3.8, 4) is 11.5 Å².